The third-order valence-corrected chi connectivity index (χ3v) is 3.91. The van der Waals surface area contributed by atoms with Crippen molar-refractivity contribution in [1.82, 2.24) is 15.1 Å². The molecule has 1 aromatic heterocycles. The molecule has 6 nitrogen and oxygen atoms in total. The SMILES string of the molecule is Cn1cc(C(=O)NC2CCN(c3ccccc3OC(F)F)C2)cn1. The van der Waals surface area contributed by atoms with Crippen molar-refractivity contribution in [2.24, 2.45) is 7.05 Å². The maximum Gasteiger partial charge on any atom is 0.387 e. The zero-order valence-electron chi connectivity index (χ0n) is 13.2. The van der Waals surface area contributed by atoms with Gasteiger partial charge in [0.25, 0.3) is 5.91 Å². The van der Waals surface area contributed by atoms with Crippen molar-refractivity contribution in [3.05, 3.63) is 42.2 Å². The summed E-state index contributed by atoms with van der Waals surface area (Å²) in [5.74, 6) is -0.0428. The minimum atomic E-state index is -2.87. The van der Waals surface area contributed by atoms with Gasteiger partial charge >= 0.3 is 6.61 Å². The topological polar surface area (TPSA) is 59.4 Å². The van der Waals surface area contributed by atoms with Crippen LogP contribution in [0.15, 0.2) is 36.7 Å². The van der Waals surface area contributed by atoms with E-state index in [-0.39, 0.29) is 17.7 Å². The molecule has 1 aromatic carbocycles. The second-order valence-corrected chi connectivity index (χ2v) is 5.65. The van der Waals surface area contributed by atoms with E-state index in [1.54, 1.807) is 36.1 Å². The van der Waals surface area contributed by atoms with Gasteiger partial charge in [0.1, 0.15) is 5.75 Å². The summed E-state index contributed by atoms with van der Waals surface area (Å²) in [5.41, 5.74) is 1.10. The molecule has 0 radical (unpaired) electrons. The molecule has 2 aromatic rings. The minimum Gasteiger partial charge on any atom is -0.433 e. The zero-order chi connectivity index (χ0) is 17.1. The van der Waals surface area contributed by atoms with E-state index in [1.807, 2.05) is 4.90 Å². The number of halogens is 2. The molecule has 8 heteroatoms. The second-order valence-electron chi connectivity index (χ2n) is 5.65. The summed E-state index contributed by atoms with van der Waals surface area (Å²) in [5, 5.41) is 6.92. The summed E-state index contributed by atoms with van der Waals surface area (Å²) >= 11 is 0. The quantitative estimate of drug-likeness (QED) is 0.908. The molecular formula is C16H18F2N4O2. The summed E-state index contributed by atoms with van der Waals surface area (Å²) in [4.78, 5) is 14.1. The molecule has 24 heavy (non-hydrogen) atoms. The number of benzene rings is 1. The van der Waals surface area contributed by atoms with Gasteiger partial charge in [-0.1, -0.05) is 12.1 Å². The second kappa shape index (κ2) is 6.86. The number of hydrogen-bond acceptors (Lipinski definition) is 4. The van der Waals surface area contributed by atoms with E-state index < -0.39 is 6.61 Å². The van der Waals surface area contributed by atoms with Gasteiger partial charge in [-0.05, 0) is 18.6 Å². The average Bonchev–Trinajstić information content (AvgIpc) is 3.16. The number of carbonyl (C=O) groups is 1. The summed E-state index contributed by atoms with van der Waals surface area (Å²) in [7, 11) is 1.74. The minimum absolute atomic E-state index is 0.0580. The Morgan fingerprint density at radius 1 is 1.42 bits per heavy atom. The van der Waals surface area contributed by atoms with Crippen LogP contribution in [0.5, 0.6) is 5.75 Å². The lowest BCUT2D eigenvalue weighted by Gasteiger charge is -2.22. The first-order chi connectivity index (χ1) is 11.5. The van der Waals surface area contributed by atoms with Crippen molar-refractivity contribution in [3.63, 3.8) is 0 Å². The van der Waals surface area contributed by atoms with Gasteiger partial charge in [0, 0.05) is 32.4 Å². The molecular weight excluding hydrogens is 318 g/mol. The number of carbonyl (C=O) groups excluding carboxylic acids is 1. The van der Waals surface area contributed by atoms with Crippen LogP contribution >= 0.6 is 0 Å². The average molecular weight is 336 g/mol. The first-order valence-corrected chi connectivity index (χ1v) is 7.61. The van der Waals surface area contributed by atoms with Crippen molar-refractivity contribution < 1.29 is 18.3 Å². The summed E-state index contributed by atoms with van der Waals surface area (Å²) < 4.78 is 31.2. The molecule has 0 spiro atoms. The maximum absolute atomic E-state index is 12.5. The third-order valence-electron chi connectivity index (χ3n) is 3.91. The van der Waals surface area contributed by atoms with Crippen LogP contribution in [0, 0.1) is 0 Å². The number of para-hydroxylation sites is 2. The molecule has 0 bridgehead atoms. The van der Waals surface area contributed by atoms with Gasteiger partial charge in [-0.2, -0.15) is 13.9 Å². The van der Waals surface area contributed by atoms with Crippen LogP contribution in [0.25, 0.3) is 0 Å². The van der Waals surface area contributed by atoms with E-state index >= 15 is 0 Å². The molecule has 1 amide bonds. The Balaban J connectivity index is 1.64. The fourth-order valence-electron chi connectivity index (χ4n) is 2.82. The molecule has 1 aliphatic heterocycles. The molecule has 1 unspecified atom stereocenters. The normalized spacial score (nSPS) is 17.3. The number of rotatable bonds is 5. The zero-order valence-corrected chi connectivity index (χ0v) is 13.2. The molecule has 1 atom stereocenters. The number of nitrogens with one attached hydrogen (secondary N) is 1. The highest BCUT2D eigenvalue weighted by molar-refractivity contribution is 5.94. The van der Waals surface area contributed by atoms with Crippen LogP contribution in [-0.2, 0) is 7.05 Å². The van der Waals surface area contributed by atoms with Crippen LogP contribution < -0.4 is 15.0 Å². The van der Waals surface area contributed by atoms with Crippen LogP contribution in [0.1, 0.15) is 16.8 Å². The van der Waals surface area contributed by atoms with Gasteiger partial charge in [-0.15, -0.1) is 0 Å². The van der Waals surface area contributed by atoms with Gasteiger partial charge in [0.15, 0.2) is 0 Å². The number of anilines is 1. The van der Waals surface area contributed by atoms with Gasteiger partial charge in [0.05, 0.1) is 17.4 Å². The predicted octanol–water partition coefficient (Wildman–Crippen LogP) is 2.03. The van der Waals surface area contributed by atoms with E-state index in [9.17, 15) is 13.6 Å². The van der Waals surface area contributed by atoms with Crippen molar-refractivity contribution in [2.75, 3.05) is 18.0 Å². The number of nitrogens with zero attached hydrogens (tertiary/aromatic N) is 3. The number of alkyl halides is 2. The molecule has 1 saturated heterocycles. The number of aryl methyl sites for hydroxylation is 1. The third kappa shape index (κ3) is 3.64. The smallest absolute Gasteiger partial charge is 0.387 e. The highest BCUT2D eigenvalue weighted by Crippen LogP contribution is 2.31. The Bertz CT molecular complexity index is 720. The Morgan fingerprint density at radius 2 is 2.21 bits per heavy atom. The number of aromatic nitrogens is 2. The van der Waals surface area contributed by atoms with Crippen molar-refractivity contribution >= 4 is 11.6 Å². The monoisotopic (exact) mass is 336 g/mol. The lowest BCUT2D eigenvalue weighted by Crippen LogP contribution is -2.37. The van der Waals surface area contributed by atoms with Crippen molar-refractivity contribution in [2.45, 2.75) is 19.1 Å². The first-order valence-electron chi connectivity index (χ1n) is 7.61. The molecule has 2 heterocycles. The fourth-order valence-corrected chi connectivity index (χ4v) is 2.82. The van der Waals surface area contributed by atoms with Crippen molar-refractivity contribution in [1.29, 1.82) is 0 Å². The number of ether oxygens (including phenoxy) is 1. The Hall–Kier alpha value is -2.64. The van der Waals surface area contributed by atoms with Gasteiger partial charge in [-0.3, -0.25) is 9.48 Å². The Kier molecular flexibility index (Phi) is 4.64. The summed E-state index contributed by atoms with van der Waals surface area (Å²) in [6, 6.07) is 6.62. The molecule has 128 valence electrons. The van der Waals surface area contributed by atoms with Gasteiger partial charge in [-0.25, -0.2) is 0 Å². The lowest BCUT2D eigenvalue weighted by atomic mass is 10.2. The lowest BCUT2D eigenvalue weighted by molar-refractivity contribution is -0.0495. The largest absolute Gasteiger partial charge is 0.433 e. The molecule has 1 fully saturated rings. The van der Waals surface area contributed by atoms with E-state index in [0.29, 0.717) is 24.3 Å². The van der Waals surface area contributed by atoms with Crippen LogP contribution in [0.2, 0.25) is 0 Å². The highest BCUT2D eigenvalue weighted by Gasteiger charge is 2.27. The molecule has 0 saturated carbocycles. The number of hydrogen-bond donors (Lipinski definition) is 1. The Morgan fingerprint density at radius 3 is 2.92 bits per heavy atom. The van der Waals surface area contributed by atoms with Gasteiger partial charge < -0.3 is 15.0 Å². The van der Waals surface area contributed by atoms with Crippen LogP contribution in [-0.4, -0.2) is 41.4 Å². The maximum atomic E-state index is 12.5. The van der Waals surface area contributed by atoms with E-state index in [1.165, 1.54) is 12.3 Å². The Labute approximate surface area is 138 Å². The van der Waals surface area contributed by atoms with Crippen LogP contribution in [0.3, 0.4) is 0 Å². The molecule has 3 rings (SSSR count). The number of amides is 1. The molecule has 1 aliphatic rings. The van der Waals surface area contributed by atoms with E-state index in [4.69, 9.17) is 0 Å². The summed E-state index contributed by atoms with van der Waals surface area (Å²) in [6.45, 7) is -1.67. The van der Waals surface area contributed by atoms with E-state index in [0.717, 1.165) is 6.42 Å². The molecule has 1 N–H and O–H groups in total. The van der Waals surface area contributed by atoms with Crippen LogP contribution in [0.4, 0.5) is 14.5 Å². The predicted molar refractivity (Wildman–Crippen MR) is 84.4 cm³/mol. The molecule has 0 aliphatic carbocycles. The summed E-state index contributed by atoms with van der Waals surface area (Å²) in [6.07, 6.45) is 3.89. The fraction of sp³-hybridized carbons (Fsp3) is 0.375. The first kappa shape index (κ1) is 16.2. The van der Waals surface area contributed by atoms with Crippen molar-refractivity contribution in [3.8, 4) is 5.75 Å². The standard InChI is InChI=1S/C16H18F2N4O2/c1-21-9-11(8-19-21)15(23)20-12-6-7-22(10-12)13-4-2-3-5-14(13)24-16(17)18/h2-5,8-9,12,16H,6-7,10H2,1H3,(H,20,23). The van der Waals surface area contributed by atoms with Gasteiger partial charge in [0.2, 0.25) is 0 Å². The highest BCUT2D eigenvalue weighted by atomic mass is 19.3. The van der Waals surface area contributed by atoms with E-state index in [2.05, 4.69) is 15.2 Å².